The van der Waals surface area contributed by atoms with Crippen molar-refractivity contribution in [1.82, 2.24) is 19.9 Å². The topological polar surface area (TPSA) is 44.8 Å². The normalized spacial score (nSPS) is 17.6. The van der Waals surface area contributed by atoms with E-state index in [9.17, 15) is 0 Å². The molecule has 0 spiro atoms. The third-order valence-corrected chi connectivity index (χ3v) is 6.35. The molecule has 2 aromatic heterocycles. The predicted molar refractivity (Wildman–Crippen MR) is 112 cm³/mol. The van der Waals surface area contributed by atoms with Crippen LogP contribution >= 0.6 is 22.9 Å². The van der Waals surface area contributed by atoms with Crippen molar-refractivity contribution in [2.45, 2.75) is 51.6 Å². The molecule has 3 aromatic rings. The van der Waals surface area contributed by atoms with E-state index in [1.54, 1.807) is 11.3 Å². The minimum absolute atomic E-state index is 0.340. The first-order valence-corrected chi connectivity index (χ1v) is 11.0. The highest BCUT2D eigenvalue weighted by Crippen LogP contribution is 2.33. The average Bonchev–Trinajstić information content (AvgIpc) is 3.41. The van der Waals surface area contributed by atoms with Gasteiger partial charge in [-0.25, -0.2) is 9.97 Å². The first-order chi connectivity index (χ1) is 13.2. The van der Waals surface area contributed by atoms with Crippen LogP contribution in [-0.2, 0) is 13.0 Å². The summed E-state index contributed by atoms with van der Waals surface area (Å²) >= 11 is 7.80. The molecular formula is C21H25ClN4S. The van der Waals surface area contributed by atoms with E-state index in [0.29, 0.717) is 6.04 Å². The van der Waals surface area contributed by atoms with Crippen molar-refractivity contribution in [3.8, 4) is 11.3 Å². The van der Waals surface area contributed by atoms with E-state index in [1.807, 2.05) is 30.5 Å². The monoisotopic (exact) mass is 400 g/mol. The van der Waals surface area contributed by atoms with Crippen molar-refractivity contribution in [3.63, 3.8) is 0 Å². The summed E-state index contributed by atoms with van der Waals surface area (Å²) in [5.74, 6) is 1.05. The van der Waals surface area contributed by atoms with E-state index in [1.165, 1.54) is 30.0 Å². The van der Waals surface area contributed by atoms with E-state index in [-0.39, 0.29) is 0 Å². The molecule has 1 N–H and O–H groups in total. The van der Waals surface area contributed by atoms with Crippen LogP contribution in [0.15, 0.2) is 35.8 Å². The number of unbranched alkanes of at least 4 members (excludes halogenated alkanes) is 1. The van der Waals surface area contributed by atoms with E-state index in [4.69, 9.17) is 16.6 Å². The molecule has 1 aliphatic rings. The van der Waals surface area contributed by atoms with Crippen LogP contribution in [0, 0.1) is 0 Å². The fraction of sp³-hybridized carbons (Fsp3) is 0.429. The molecule has 1 unspecified atom stereocenters. The summed E-state index contributed by atoms with van der Waals surface area (Å²) in [5, 5.41) is 4.24. The lowest BCUT2D eigenvalue weighted by atomic mass is 10.2. The first kappa shape index (κ1) is 18.7. The molecule has 0 bridgehead atoms. The molecule has 6 heteroatoms. The van der Waals surface area contributed by atoms with Gasteiger partial charge in [0.15, 0.2) is 0 Å². The average molecular weight is 401 g/mol. The minimum atomic E-state index is 0.340. The van der Waals surface area contributed by atoms with Crippen LogP contribution in [0.2, 0.25) is 5.02 Å². The van der Waals surface area contributed by atoms with Crippen LogP contribution in [0.4, 0.5) is 0 Å². The lowest BCUT2D eigenvalue weighted by Crippen LogP contribution is -2.23. The number of benzene rings is 1. The van der Waals surface area contributed by atoms with Crippen molar-refractivity contribution in [1.29, 1.82) is 0 Å². The Morgan fingerprint density at radius 2 is 2.15 bits per heavy atom. The number of aryl methyl sites for hydroxylation is 1. The van der Waals surface area contributed by atoms with Crippen LogP contribution in [0.1, 0.15) is 55.2 Å². The summed E-state index contributed by atoms with van der Waals surface area (Å²) in [7, 11) is 0. The van der Waals surface area contributed by atoms with Gasteiger partial charge in [-0.3, -0.25) is 4.90 Å². The maximum atomic E-state index is 6.00. The second-order valence-corrected chi connectivity index (χ2v) is 8.53. The summed E-state index contributed by atoms with van der Waals surface area (Å²) in [4.78, 5) is 15.5. The summed E-state index contributed by atoms with van der Waals surface area (Å²) < 4.78 is 0. The number of likely N-dealkylation sites (tertiary alicyclic amines) is 1. The van der Waals surface area contributed by atoms with Crippen molar-refractivity contribution in [2.24, 2.45) is 0 Å². The number of nitrogens with zero attached hydrogens (tertiary/aromatic N) is 3. The summed E-state index contributed by atoms with van der Waals surface area (Å²) in [6, 6.07) is 8.22. The Balaban J connectivity index is 1.45. The minimum Gasteiger partial charge on any atom is -0.341 e. The van der Waals surface area contributed by atoms with E-state index in [0.717, 1.165) is 48.0 Å². The molecule has 0 aliphatic carbocycles. The van der Waals surface area contributed by atoms with Crippen molar-refractivity contribution < 1.29 is 0 Å². The van der Waals surface area contributed by atoms with Crippen LogP contribution in [-0.4, -0.2) is 26.4 Å². The number of aromatic nitrogens is 3. The summed E-state index contributed by atoms with van der Waals surface area (Å²) in [6.45, 7) is 4.23. The highest BCUT2D eigenvalue weighted by atomic mass is 35.5. The molecular weight excluding hydrogens is 376 g/mol. The fourth-order valence-corrected chi connectivity index (χ4v) is 4.64. The Kier molecular flexibility index (Phi) is 5.91. The molecule has 1 saturated heterocycles. The second-order valence-electron chi connectivity index (χ2n) is 7.15. The SMILES string of the molecule is CCCCc1nc(CN2CCCC2c2ncc(-c3ccc(Cl)cc3)[nH]2)cs1. The molecule has 4 nitrogen and oxygen atoms in total. The van der Waals surface area contributed by atoms with Gasteiger partial charge in [0.2, 0.25) is 0 Å². The summed E-state index contributed by atoms with van der Waals surface area (Å²) in [6.07, 6.45) is 7.82. The predicted octanol–water partition coefficient (Wildman–Crippen LogP) is 5.87. The van der Waals surface area contributed by atoms with Gasteiger partial charge in [-0.05, 0) is 49.9 Å². The fourth-order valence-electron chi connectivity index (χ4n) is 3.68. The van der Waals surface area contributed by atoms with E-state index >= 15 is 0 Å². The Morgan fingerprint density at radius 3 is 2.96 bits per heavy atom. The van der Waals surface area contributed by atoms with Gasteiger partial charge in [-0.1, -0.05) is 37.1 Å². The highest BCUT2D eigenvalue weighted by Gasteiger charge is 2.28. The molecule has 1 aromatic carbocycles. The van der Waals surface area contributed by atoms with Gasteiger partial charge in [0, 0.05) is 16.9 Å². The van der Waals surface area contributed by atoms with E-state index in [2.05, 4.69) is 27.2 Å². The number of hydrogen-bond acceptors (Lipinski definition) is 4. The van der Waals surface area contributed by atoms with Crippen molar-refractivity contribution in [3.05, 3.63) is 57.4 Å². The lowest BCUT2D eigenvalue weighted by molar-refractivity contribution is 0.238. The van der Waals surface area contributed by atoms with Crippen LogP contribution in [0.3, 0.4) is 0 Å². The zero-order valence-electron chi connectivity index (χ0n) is 15.6. The van der Waals surface area contributed by atoms with Crippen molar-refractivity contribution in [2.75, 3.05) is 6.54 Å². The van der Waals surface area contributed by atoms with Gasteiger partial charge in [0.05, 0.1) is 28.6 Å². The van der Waals surface area contributed by atoms with Gasteiger partial charge in [0.25, 0.3) is 0 Å². The molecule has 0 radical (unpaired) electrons. The van der Waals surface area contributed by atoms with Crippen LogP contribution < -0.4 is 0 Å². The number of hydrogen-bond donors (Lipinski definition) is 1. The third-order valence-electron chi connectivity index (χ3n) is 5.14. The van der Waals surface area contributed by atoms with Crippen LogP contribution in [0.5, 0.6) is 0 Å². The third kappa shape index (κ3) is 4.42. The smallest absolute Gasteiger partial charge is 0.123 e. The molecule has 4 rings (SSSR count). The zero-order valence-corrected chi connectivity index (χ0v) is 17.2. The van der Waals surface area contributed by atoms with Gasteiger partial charge >= 0.3 is 0 Å². The molecule has 3 heterocycles. The molecule has 0 amide bonds. The maximum Gasteiger partial charge on any atom is 0.123 e. The lowest BCUT2D eigenvalue weighted by Gasteiger charge is -2.21. The number of halogens is 1. The zero-order chi connectivity index (χ0) is 18.6. The number of rotatable bonds is 7. The highest BCUT2D eigenvalue weighted by molar-refractivity contribution is 7.09. The van der Waals surface area contributed by atoms with Gasteiger partial charge in [-0.15, -0.1) is 11.3 Å². The number of nitrogens with one attached hydrogen (secondary N) is 1. The summed E-state index contributed by atoms with van der Waals surface area (Å²) in [5.41, 5.74) is 3.36. The Labute approximate surface area is 169 Å². The molecule has 1 atom stereocenters. The molecule has 142 valence electrons. The van der Waals surface area contributed by atoms with Gasteiger partial charge in [0.1, 0.15) is 5.82 Å². The van der Waals surface area contributed by atoms with Gasteiger partial charge < -0.3 is 4.98 Å². The number of H-pyrrole nitrogens is 1. The standard InChI is InChI=1S/C21H25ClN4S/c1-2-3-6-20-24-17(14-27-20)13-26-11-4-5-19(26)21-23-12-18(25-21)15-7-9-16(22)10-8-15/h7-10,12,14,19H,2-6,11,13H2,1H3,(H,23,25). The van der Waals surface area contributed by atoms with Crippen LogP contribution in [0.25, 0.3) is 11.3 Å². The number of imidazole rings is 1. The molecule has 1 fully saturated rings. The maximum absolute atomic E-state index is 6.00. The van der Waals surface area contributed by atoms with E-state index < -0.39 is 0 Å². The number of aromatic amines is 1. The largest absolute Gasteiger partial charge is 0.341 e. The first-order valence-electron chi connectivity index (χ1n) is 9.71. The van der Waals surface area contributed by atoms with Gasteiger partial charge in [-0.2, -0.15) is 0 Å². The Hall–Kier alpha value is -1.69. The Morgan fingerprint density at radius 1 is 1.30 bits per heavy atom. The number of thiazole rings is 1. The quantitative estimate of drug-likeness (QED) is 0.539. The molecule has 27 heavy (non-hydrogen) atoms. The molecule has 1 aliphatic heterocycles. The second kappa shape index (κ2) is 8.55. The molecule has 0 saturated carbocycles. The Bertz CT molecular complexity index is 870. The van der Waals surface area contributed by atoms with Crippen molar-refractivity contribution >= 4 is 22.9 Å².